The fourth-order valence-electron chi connectivity index (χ4n) is 8.59. The second-order valence-corrected chi connectivity index (χ2v) is 15.7. The summed E-state index contributed by atoms with van der Waals surface area (Å²) in [6, 6.07) is 80.1. The van der Waals surface area contributed by atoms with Gasteiger partial charge in [0.15, 0.2) is 0 Å². The van der Waals surface area contributed by atoms with E-state index in [0.29, 0.717) is 0 Å². The van der Waals surface area contributed by atoms with E-state index in [2.05, 4.69) is 217 Å². The number of fused-ring (bicyclic) bond motifs is 3. The van der Waals surface area contributed by atoms with Gasteiger partial charge in [-0.3, -0.25) is 0 Å². The summed E-state index contributed by atoms with van der Waals surface area (Å²) >= 11 is 0. The molecule has 0 heterocycles. The summed E-state index contributed by atoms with van der Waals surface area (Å²) in [5.41, 5.74) is 12.3. The number of hydrogen-bond acceptors (Lipinski definition) is 3. The first kappa shape index (κ1) is 39.0. The molecule has 0 bridgehead atoms. The van der Waals surface area contributed by atoms with Crippen molar-refractivity contribution in [2.75, 3.05) is 19.1 Å². The van der Waals surface area contributed by atoms with Gasteiger partial charge in [-0.1, -0.05) is 158 Å². The topological polar surface area (TPSA) is 21.7 Å². The molecule has 10 rings (SSSR count). The predicted molar refractivity (Wildman–Crippen MR) is 266 cm³/mol. The van der Waals surface area contributed by atoms with Gasteiger partial charge in [-0.05, 0) is 150 Å². The molecule has 0 aromatic heterocycles. The molecule has 0 saturated carbocycles. The zero-order chi connectivity index (χ0) is 42.5. The lowest BCUT2D eigenvalue weighted by molar-refractivity contribution is 0.414. The summed E-state index contributed by atoms with van der Waals surface area (Å²) in [6.07, 6.45) is 4.62. The Hall–Kier alpha value is -8.14. The van der Waals surface area contributed by atoms with Crippen molar-refractivity contribution >= 4 is 72.7 Å². The van der Waals surface area contributed by atoms with Crippen LogP contribution in [0.25, 0.3) is 55.6 Å². The van der Waals surface area contributed by atoms with E-state index in [1.54, 1.807) is 14.2 Å². The maximum atomic E-state index is 5.51. The molecule has 63 heavy (non-hydrogen) atoms. The summed E-state index contributed by atoms with van der Waals surface area (Å²) in [6.45, 7) is 0. The van der Waals surface area contributed by atoms with E-state index in [0.717, 1.165) is 67.2 Å². The van der Waals surface area contributed by atoms with Crippen molar-refractivity contribution in [2.24, 2.45) is 0 Å². The van der Waals surface area contributed by atoms with E-state index >= 15 is 0 Å². The molecule has 3 nitrogen and oxygen atoms in total. The lowest BCUT2D eigenvalue weighted by atomic mass is 9.92. The highest BCUT2D eigenvalue weighted by atomic mass is 16.5. The molecule has 0 aliphatic rings. The number of para-hydroxylation sites is 1. The first-order valence-corrected chi connectivity index (χ1v) is 21.3. The molecular weight excluding hydrogens is 767 g/mol. The first-order valence-electron chi connectivity index (χ1n) is 21.3. The maximum absolute atomic E-state index is 5.51. The van der Waals surface area contributed by atoms with Crippen molar-refractivity contribution in [3.05, 3.63) is 258 Å². The highest BCUT2D eigenvalue weighted by Crippen LogP contribution is 2.41. The second-order valence-electron chi connectivity index (χ2n) is 15.7. The Morgan fingerprint density at radius 1 is 0.365 bits per heavy atom. The molecule has 0 aliphatic carbocycles. The smallest absolute Gasteiger partial charge is 0.118 e. The van der Waals surface area contributed by atoms with Crippen LogP contribution in [0, 0.1) is 0 Å². The fraction of sp³-hybridized carbons (Fsp3) is 0.0333. The molecule has 0 amide bonds. The molecule has 0 aliphatic heterocycles. The van der Waals surface area contributed by atoms with Crippen molar-refractivity contribution in [3.8, 4) is 11.5 Å². The molecule has 0 fully saturated rings. The number of benzene rings is 10. The van der Waals surface area contributed by atoms with E-state index in [1.807, 2.05) is 24.3 Å². The molecule has 10 aromatic rings. The van der Waals surface area contributed by atoms with Crippen LogP contribution in [0.3, 0.4) is 0 Å². The zero-order valence-corrected chi connectivity index (χ0v) is 35.3. The van der Waals surface area contributed by atoms with Gasteiger partial charge < -0.3 is 14.4 Å². The van der Waals surface area contributed by atoms with Crippen LogP contribution in [0.2, 0.25) is 0 Å². The third kappa shape index (κ3) is 8.08. The Balaban J connectivity index is 1.08. The van der Waals surface area contributed by atoms with Crippen molar-refractivity contribution < 1.29 is 9.47 Å². The molecular formula is C60H45NO2. The monoisotopic (exact) mass is 811 g/mol. The largest absolute Gasteiger partial charge is 0.497 e. The fourth-order valence-corrected chi connectivity index (χ4v) is 8.59. The zero-order valence-electron chi connectivity index (χ0n) is 35.3. The Kier molecular flexibility index (Phi) is 10.8. The van der Waals surface area contributed by atoms with Crippen LogP contribution in [-0.4, -0.2) is 14.2 Å². The van der Waals surface area contributed by atoms with Crippen LogP contribution in [0.1, 0.15) is 33.4 Å². The average Bonchev–Trinajstić information content (AvgIpc) is 3.36. The molecule has 0 N–H and O–H groups in total. The lowest BCUT2D eigenvalue weighted by Gasteiger charge is -2.27. The van der Waals surface area contributed by atoms with Crippen LogP contribution >= 0.6 is 0 Å². The minimum absolute atomic E-state index is 0.822. The van der Waals surface area contributed by atoms with Gasteiger partial charge in [0.1, 0.15) is 11.5 Å². The van der Waals surface area contributed by atoms with Gasteiger partial charge in [-0.15, -0.1) is 0 Å². The van der Waals surface area contributed by atoms with Crippen LogP contribution in [0.15, 0.2) is 224 Å². The molecule has 0 atom stereocenters. The maximum Gasteiger partial charge on any atom is 0.118 e. The van der Waals surface area contributed by atoms with Crippen LogP contribution < -0.4 is 14.4 Å². The molecule has 3 heteroatoms. The molecule has 0 spiro atoms. The van der Waals surface area contributed by atoms with E-state index in [4.69, 9.17) is 9.47 Å². The van der Waals surface area contributed by atoms with Crippen molar-refractivity contribution in [2.45, 2.75) is 0 Å². The Labute approximate surface area is 369 Å². The van der Waals surface area contributed by atoms with E-state index < -0.39 is 0 Å². The summed E-state index contributed by atoms with van der Waals surface area (Å²) in [4.78, 5) is 2.37. The van der Waals surface area contributed by atoms with Gasteiger partial charge >= 0.3 is 0 Å². The van der Waals surface area contributed by atoms with Gasteiger partial charge in [0, 0.05) is 16.8 Å². The summed E-state index contributed by atoms with van der Waals surface area (Å²) in [7, 11) is 3.40. The van der Waals surface area contributed by atoms with Crippen LogP contribution in [-0.2, 0) is 0 Å². The van der Waals surface area contributed by atoms with Gasteiger partial charge in [-0.2, -0.15) is 0 Å². The van der Waals surface area contributed by atoms with Gasteiger partial charge in [-0.25, -0.2) is 0 Å². The van der Waals surface area contributed by atoms with Crippen molar-refractivity contribution in [1.82, 2.24) is 0 Å². The number of anilines is 3. The normalized spacial score (nSPS) is 11.0. The molecule has 302 valence electrons. The summed E-state index contributed by atoms with van der Waals surface area (Å²) < 4.78 is 11.0. The highest BCUT2D eigenvalue weighted by molar-refractivity contribution is 6.06. The molecule has 0 unspecified atom stereocenters. The van der Waals surface area contributed by atoms with Gasteiger partial charge in [0.05, 0.1) is 19.9 Å². The Morgan fingerprint density at radius 3 is 1.38 bits per heavy atom. The molecule has 10 aromatic carbocycles. The Morgan fingerprint density at radius 2 is 0.825 bits per heavy atom. The highest BCUT2D eigenvalue weighted by Gasteiger charge is 2.18. The number of ether oxygens (including phenoxy) is 2. The quantitative estimate of drug-likeness (QED) is 0.121. The number of hydrogen-bond donors (Lipinski definition) is 0. The standard InChI is InChI=1S/C60H45NO2/c1-62-54-33-26-45(27-34-54)59(46-28-35-55(63-2)36-29-46)41-51-30-37-60(57-19-11-10-18-56(51)57)61(52-16-4-3-5-17-52)53-31-20-42(21-32-53)38-58(49-24-22-43-12-6-8-14-47(43)39-49)50-25-23-44-13-7-9-15-48(44)40-50/h3-41H,1-2H3. The first-order chi connectivity index (χ1) is 31.1. The third-order valence-electron chi connectivity index (χ3n) is 11.9. The summed E-state index contributed by atoms with van der Waals surface area (Å²) in [5, 5.41) is 7.22. The third-order valence-corrected chi connectivity index (χ3v) is 11.9. The van der Waals surface area contributed by atoms with E-state index in [-0.39, 0.29) is 0 Å². The van der Waals surface area contributed by atoms with Gasteiger partial charge in [0.2, 0.25) is 0 Å². The van der Waals surface area contributed by atoms with E-state index in [9.17, 15) is 0 Å². The SMILES string of the molecule is COc1ccc(C(=Cc2ccc(N(c3ccccc3)c3ccc(C=C(c4ccc5ccccc5c4)c4ccc5ccccc5c4)cc3)c3ccccc23)c2ccc(OC)cc2)cc1. The Bertz CT molecular complexity index is 3140. The van der Waals surface area contributed by atoms with Crippen LogP contribution in [0.5, 0.6) is 11.5 Å². The number of methoxy groups -OCH3 is 2. The van der Waals surface area contributed by atoms with Crippen LogP contribution in [0.4, 0.5) is 17.1 Å². The summed E-state index contributed by atoms with van der Waals surface area (Å²) in [5.74, 6) is 1.64. The van der Waals surface area contributed by atoms with Gasteiger partial charge in [0.25, 0.3) is 0 Å². The lowest BCUT2D eigenvalue weighted by Crippen LogP contribution is -2.10. The van der Waals surface area contributed by atoms with Crippen molar-refractivity contribution in [1.29, 1.82) is 0 Å². The molecule has 0 saturated heterocycles. The average molecular weight is 812 g/mol. The second kappa shape index (κ2) is 17.5. The number of nitrogens with zero attached hydrogens (tertiary/aromatic N) is 1. The predicted octanol–water partition coefficient (Wildman–Crippen LogP) is 15.8. The van der Waals surface area contributed by atoms with Crippen molar-refractivity contribution in [3.63, 3.8) is 0 Å². The molecule has 0 radical (unpaired) electrons. The minimum Gasteiger partial charge on any atom is -0.497 e. The van der Waals surface area contributed by atoms with E-state index in [1.165, 1.54) is 38.2 Å². The number of rotatable bonds is 11. The minimum atomic E-state index is 0.822.